The van der Waals surface area contributed by atoms with E-state index in [1.807, 2.05) is 31.3 Å². The van der Waals surface area contributed by atoms with Gasteiger partial charge in [-0.05, 0) is 29.8 Å². The highest BCUT2D eigenvalue weighted by Gasteiger charge is 2.20. The van der Waals surface area contributed by atoms with E-state index in [-0.39, 0.29) is 16.3 Å². The van der Waals surface area contributed by atoms with Crippen LogP contribution >= 0.6 is 0 Å². The third kappa shape index (κ3) is 3.67. The molecule has 0 spiro atoms. The van der Waals surface area contributed by atoms with Gasteiger partial charge in [0.15, 0.2) is 5.84 Å². The Morgan fingerprint density at radius 1 is 1.17 bits per heavy atom. The average molecular weight is 333 g/mol. The molecule has 23 heavy (non-hydrogen) atoms. The van der Waals surface area contributed by atoms with E-state index in [0.717, 1.165) is 17.7 Å². The first-order valence-corrected chi connectivity index (χ1v) is 8.36. The highest BCUT2D eigenvalue weighted by atomic mass is 32.2. The van der Waals surface area contributed by atoms with E-state index in [1.54, 1.807) is 12.1 Å². The first-order valence-electron chi connectivity index (χ1n) is 6.82. The standard InChI is InChI=1S/C15H19N5O2S/c1-19-9-10-5-7-11(8-6-10)12-3-2-4-13(23(18,21)22)14(12)15(16)20-17/h2-8,19H,9,17H2,1H3,(H2,16,20)(H2,18,21,22). The fourth-order valence-corrected chi connectivity index (χ4v) is 3.11. The Labute approximate surface area is 135 Å². The van der Waals surface area contributed by atoms with Gasteiger partial charge in [-0.25, -0.2) is 13.6 Å². The first-order chi connectivity index (χ1) is 10.9. The highest BCUT2D eigenvalue weighted by Crippen LogP contribution is 2.28. The second-order valence-corrected chi connectivity index (χ2v) is 6.50. The normalized spacial score (nSPS) is 12.3. The zero-order valence-electron chi connectivity index (χ0n) is 12.7. The summed E-state index contributed by atoms with van der Waals surface area (Å²) in [6.07, 6.45) is 0. The topological polar surface area (TPSA) is 137 Å². The van der Waals surface area contributed by atoms with E-state index in [9.17, 15) is 8.42 Å². The molecule has 0 unspecified atom stereocenters. The molecule has 0 aliphatic heterocycles. The van der Waals surface area contributed by atoms with Crippen LogP contribution in [0.25, 0.3) is 11.1 Å². The van der Waals surface area contributed by atoms with E-state index in [4.69, 9.17) is 16.7 Å². The number of rotatable bonds is 5. The van der Waals surface area contributed by atoms with Crippen molar-refractivity contribution in [3.8, 4) is 11.1 Å². The maximum atomic E-state index is 11.8. The third-order valence-electron chi connectivity index (χ3n) is 3.37. The maximum absolute atomic E-state index is 11.8. The molecule has 7 nitrogen and oxygen atoms in total. The van der Waals surface area contributed by atoms with Crippen molar-refractivity contribution in [3.63, 3.8) is 0 Å². The Bertz CT molecular complexity index is 829. The number of amidine groups is 1. The van der Waals surface area contributed by atoms with E-state index in [0.29, 0.717) is 5.56 Å². The van der Waals surface area contributed by atoms with Crippen LogP contribution in [0, 0.1) is 0 Å². The molecule has 2 aromatic rings. The Morgan fingerprint density at radius 2 is 1.83 bits per heavy atom. The molecule has 122 valence electrons. The van der Waals surface area contributed by atoms with Gasteiger partial charge in [0.1, 0.15) is 0 Å². The molecule has 7 N–H and O–H groups in total. The lowest BCUT2D eigenvalue weighted by atomic mass is 9.98. The molecule has 0 amide bonds. The Hall–Kier alpha value is -2.42. The maximum Gasteiger partial charge on any atom is 0.238 e. The molecule has 0 saturated carbocycles. The number of nitrogens with zero attached hydrogens (tertiary/aromatic N) is 1. The van der Waals surface area contributed by atoms with Gasteiger partial charge in [0.2, 0.25) is 10.0 Å². The van der Waals surface area contributed by atoms with Gasteiger partial charge in [-0.15, -0.1) is 0 Å². The molecular weight excluding hydrogens is 314 g/mol. The van der Waals surface area contributed by atoms with Crippen LogP contribution in [0.5, 0.6) is 0 Å². The van der Waals surface area contributed by atoms with Gasteiger partial charge in [0, 0.05) is 12.1 Å². The van der Waals surface area contributed by atoms with Crippen LogP contribution < -0.4 is 22.0 Å². The van der Waals surface area contributed by atoms with Gasteiger partial charge in [0.05, 0.1) is 4.90 Å². The minimum atomic E-state index is -3.96. The summed E-state index contributed by atoms with van der Waals surface area (Å²) in [5.74, 6) is 5.15. The van der Waals surface area contributed by atoms with E-state index >= 15 is 0 Å². The van der Waals surface area contributed by atoms with E-state index in [2.05, 4.69) is 10.4 Å². The Balaban J connectivity index is 2.67. The van der Waals surface area contributed by atoms with Crippen LogP contribution in [0.2, 0.25) is 0 Å². The second kappa shape index (κ2) is 6.78. The smallest absolute Gasteiger partial charge is 0.238 e. The molecule has 0 saturated heterocycles. The van der Waals surface area contributed by atoms with Gasteiger partial charge in [-0.3, -0.25) is 0 Å². The summed E-state index contributed by atoms with van der Waals surface area (Å²) in [6.45, 7) is 0.733. The number of nitrogens with one attached hydrogen (secondary N) is 1. The van der Waals surface area contributed by atoms with Crippen LogP contribution in [0.1, 0.15) is 11.1 Å². The fourth-order valence-electron chi connectivity index (χ4n) is 2.34. The highest BCUT2D eigenvalue weighted by molar-refractivity contribution is 7.89. The quantitative estimate of drug-likeness (QED) is 0.270. The average Bonchev–Trinajstić information content (AvgIpc) is 2.53. The lowest BCUT2D eigenvalue weighted by Crippen LogP contribution is -2.23. The molecule has 0 atom stereocenters. The number of hydrazone groups is 1. The Kier molecular flexibility index (Phi) is 4.99. The van der Waals surface area contributed by atoms with Crippen LogP contribution in [0.15, 0.2) is 52.5 Å². The summed E-state index contributed by atoms with van der Waals surface area (Å²) in [4.78, 5) is -0.110. The van der Waals surface area contributed by atoms with Gasteiger partial charge >= 0.3 is 0 Å². The number of nitrogens with two attached hydrogens (primary N) is 3. The molecule has 0 aliphatic rings. The van der Waals surface area contributed by atoms with Crippen molar-refractivity contribution in [2.45, 2.75) is 11.4 Å². The van der Waals surface area contributed by atoms with Crippen molar-refractivity contribution in [2.75, 3.05) is 7.05 Å². The molecule has 0 bridgehead atoms. The minimum Gasteiger partial charge on any atom is -0.382 e. The van der Waals surface area contributed by atoms with Crippen molar-refractivity contribution in [1.29, 1.82) is 0 Å². The molecule has 0 heterocycles. The van der Waals surface area contributed by atoms with Crippen LogP contribution in [0.4, 0.5) is 0 Å². The molecule has 8 heteroatoms. The van der Waals surface area contributed by atoms with Crippen LogP contribution in [-0.2, 0) is 16.6 Å². The van der Waals surface area contributed by atoms with Crippen molar-refractivity contribution >= 4 is 15.9 Å². The third-order valence-corrected chi connectivity index (χ3v) is 4.33. The van der Waals surface area contributed by atoms with Crippen LogP contribution in [0.3, 0.4) is 0 Å². The summed E-state index contributed by atoms with van der Waals surface area (Å²) in [5.41, 5.74) is 8.49. The van der Waals surface area contributed by atoms with Gasteiger partial charge in [0.25, 0.3) is 0 Å². The number of hydrogen-bond donors (Lipinski definition) is 4. The van der Waals surface area contributed by atoms with Gasteiger partial charge in [-0.2, -0.15) is 5.10 Å². The Morgan fingerprint density at radius 3 is 2.35 bits per heavy atom. The lowest BCUT2D eigenvalue weighted by molar-refractivity contribution is 0.597. The number of benzene rings is 2. The van der Waals surface area contributed by atoms with E-state index in [1.165, 1.54) is 6.07 Å². The molecule has 0 aromatic heterocycles. The second-order valence-electron chi connectivity index (χ2n) is 4.97. The molecule has 0 aliphatic carbocycles. The summed E-state index contributed by atoms with van der Waals surface area (Å²) >= 11 is 0. The summed E-state index contributed by atoms with van der Waals surface area (Å²) < 4.78 is 23.6. The minimum absolute atomic E-state index is 0.0936. The summed E-state index contributed by atoms with van der Waals surface area (Å²) in [6, 6.07) is 12.4. The molecule has 0 radical (unpaired) electrons. The van der Waals surface area contributed by atoms with Crippen LogP contribution in [-0.4, -0.2) is 21.3 Å². The zero-order valence-corrected chi connectivity index (χ0v) is 13.5. The first kappa shape index (κ1) is 16.9. The summed E-state index contributed by atoms with van der Waals surface area (Å²) in [5, 5.41) is 11.8. The van der Waals surface area contributed by atoms with Crippen molar-refractivity contribution in [3.05, 3.63) is 53.6 Å². The number of hydrogen-bond acceptors (Lipinski definition) is 5. The predicted molar refractivity (Wildman–Crippen MR) is 90.9 cm³/mol. The van der Waals surface area contributed by atoms with Crippen molar-refractivity contribution in [1.82, 2.24) is 5.32 Å². The van der Waals surface area contributed by atoms with Gasteiger partial charge in [-0.1, -0.05) is 36.4 Å². The molecule has 2 rings (SSSR count). The number of primary sulfonamides is 1. The predicted octanol–water partition coefficient (Wildman–Crippen LogP) is 0.299. The fraction of sp³-hybridized carbons (Fsp3) is 0.133. The lowest BCUT2D eigenvalue weighted by Gasteiger charge is -2.13. The summed E-state index contributed by atoms with van der Waals surface area (Å²) in [7, 11) is -2.10. The number of sulfonamides is 1. The molecular formula is C15H19N5O2S. The van der Waals surface area contributed by atoms with E-state index < -0.39 is 10.0 Å². The molecule has 0 fully saturated rings. The van der Waals surface area contributed by atoms with Crippen molar-refractivity contribution in [2.24, 2.45) is 21.8 Å². The van der Waals surface area contributed by atoms with Crippen molar-refractivity contribution < 1.29 is 8.42 Å². The van der Waals surface area contributed by atoms with Gasteiger partial charge < -0.3 is 16.9 Å². The SMILES string of the molecule is CNCc1ccc(-c2cccc(S(N)(=O)=O)c2/C(N)=N/N)cc1. The largest absolute Gasteiger partial charge is 0.382 e. The molecule has 2 aromatic carbocycles. The zero-order chi connectivity index (χ0) is 17.0. The monoisotopic (exact) mass is 333 g/mol.